The van der Waals surface area contributed by atoms with E-state index in [1.807, 2.05) is 0 Å². The average Bonchev–Trinajstić information content (AvgIpc) is 2.58. The van der Waals surface area contributed by atoms with Crippen molar-refractivity contribution in [1.82, 2.24) is 0 Å². The lowest BCUT2D eigenvalue weighted by atomic mass is 9.87. The highest BCUT2D eigenvalue weighted by Crippen LogP contribution is 2.34. The molecule has 1 saturated heterocycles. The van der Waals surface area contributed by atoms with Gasteiger partial charge in [-0.3, -0.25) is 4.79 Å². The molecular weight excluding hydrogens is 316 g/mol. The summed E-state index contributed by atoms with van der Waals surface area (Å²) in [6.45, 7) is 7.10. The summed E-state index contributed by atoms with van der Waals surface area (Å²) in [4.78, 5) is 10.6. The maximum absolute atomic E-state index is 10.6. The van der Waals surface area contributed by atoms with Crippen molar-refractivity contribution >= 4 is 5.97 Å². The maximum Gasteiger partial charge on any atom is 0.303 e. The van der Waals surface area contributed by atoms with Crippen LogP contribution in [0, 0.1) is 12.8 Å². The number of ether oxygens (including phenoxy) is 2. The van der Waals surface area contributed by atoms with Crippen molar-refractivity contribution in [2.45, 2.75) is 77.6 Å². The second-order valence-electron chi connectivity index (χ2n) is 7.43. The Morgan fingerprint density at radius 3 is 2.60 bits per heavy atom. The molecule has 0 bridgehead atoms. The molecule has 1 heterocycles. The van der Waals surface area contributed by atoms with Crippen molar-refractivity contribution in [1.29, 1.82) is 0 Å². The molecule has 140 valence electrons. The Balaban J connectivity index is 1.93. The van der Waals surface area contributed by atoms with Crippen molar-refractivity contribution in [3.05, 3.63) is 35.4 Å². The topological polar surface area (TPSA) is 55.8 Å². The predicted octanol–water partition coefficient (Wildman–Crippen LogP) is 4.90. The summed E-state index contributed by atoms with van der Waals surface area (Å²) in [5.41, 5.74) is 2.61. The fourth-order valence-electron chi connectivity index (χ4n) is 3.50. The van der Waals surface area contributed by atoms with Gasteiger partial charge in [-0.1, -0.05) is 57.4 Å². The molecule has 0 radical (unpaired) electrons. The summed E-state index contributed by atoms with van der Waals surface area (Å²) in [5, 5.41) is 8.71. The van der Waals surface area contributed by atoms with Gasteiger partial charge in [-0.15, -0.1) is 0 Å². The first kappa shape index (κ1) is 19.9. The van der Waals surface area contributed by atoms with Crippen molar-refractivity contribution in [3.63, 3.8) is 0 Å². The lowest BCUT2D eigenvalue weighted by Gasteiger charge is -2.39. The molecule has 1 aromatic rings. The molecule has 2 rings (SSSR count). The first-order chi connectivity index (χ1) is 12.0. The number of aliphatic carboxylic acids is 1. The highest BCUT2D eigenvalue weighted by Gasteiger charge is 2.34. The fraction of sp³-hybridized carbons (Fsp3) is 0.667. The Labute approximate surface area is 151 Å². The van der Waals surface area contributed by atoms with Gasteiger partial charge in [0, 0.05) is 18.3 Å². The second kappa shape index (κ2) is 9.93. The first-order valence-corrected chi connectivity index (χ1v) is 9.53. The van der Waals surface area contributed by atoms with Gasteiger partial charge in [0.15, 0.2) is 6.29 Å². The molecular formula is C21H32O4. The van der Waals surface area contributed by atoms with E-state index < -0.39 is 5.97 Å². The van der Waals surface area contributed by atoms with Gasteiger partial charge in [0.1, 0.15) is 0 Å². The van der Waals surface area contributed by atoms with Gasteiger partial charge < -0.3 is 14.6 Å². The monoisotopic (exact) mass is 348 g/mol. The van der Waals surface area contributed by atoms with Crippen LogP contribution in [0.5, 0.6) is 0 Å². The van der Waals surface area contributed by atoms with Crippen molar-refractivity contribution < 1.29 is 19.4 Å². The number of carboxylic acid groups (broad SMARTS) is 1. The zero-order chi connectivity index (χ0) is 18.2. The largest absolute Gasteiger partial charge is 0.481 e. The minimum atomic E-state index is -0.702. The summed E-state index contributed by atoms with van der Waals surface area (Å²) >= 11 is 0. The van der Waals surface area contributed by atoms with E-state index in [-0.39, 0.29) is 24.7 Å². The van der Waals surface area contributed by atoms with E-state index in [1.165, 1.54) is 11.1 Å². The average molecular weight is 348 g/mol. The molecule has 4 nitrogen and oxygen atoms in total. The highest BCUT2D eigenvalue weighted by atomic mass is 16.7. The van der Waals surface area contributed by atoms with Gasteiger partial charge in [-0.05, 0) is 30.9 Å². The molecule has 0 aliphatic carbocycles. The van der Waals surface area contributed by atoms with Crippen LogP contribution in [0.15, 0.2) is 24.3 Å². The van der Waals surface area contributed by atoms with Crippen molar-refractivity contribution in [2.75, 3.05) is 6.61 Å². The molecule has 4 heteroatoms. The van der Waals surface area contributed by atoms with E-state index in [1.54, 1.807) is 0 Å². The van der Waals surface area contributed by atoms with Crippen LogP contribution in [-0.4, -0.2) is 30.1 Å². The third-order valence-corrected chi connectivity index (χ3v) is 4.96. The van der Waals surface area contributed by atoms with Crippen LogP contribution < -0.4 is 0 Å². The molecule has 1 aliphatic heterocycles. The van der Waals surface area contributed by atoms with Crippen molar-refractivity contribution in [2.24, 2.45) is 5.92 Å². The predicted molar refractivity (Wildman–Crippen MR) is 98.7 cm³/mol. The molecule has 1 aliphatic rings. The van der Waals surface area contributed by atoms with Gasteiger partial charge in [0.2, 0.25) is 0 Å². The molecule has 1 fully saturated rings. The van der Waals surface area contributed by atoms with Crippen LogP contribution in [0.1, 0.15) is 69.4 Å². The van der Waals surface area contributed by atoms with Gasteiger partial charge in [-0.2, -0.15) is 0 Å². The number of aryl methyl sites for hydroxylation is 1. The standard InChI is InChI=1S/C21H32O4/c1-15(2)21-24-14-18(17-11-9-8-10-16(17)3)19(25-21)12-6-4-5-7-13-20(22)23/h8-11,15,18-19,21H,4-7,12-14H2,1-3H3,(H,22,23). The number of rotatable bonds is 9. The third kappa shape index (κ3) is 6.12. The van der Waals surface area contributed by atoms with Crippen LogP contribution in [0.4, 0.5) is 0 Å². The van der Waals surface area contributed by atoms with Crippen LogP contribution >= 0.6 is 0 Å². The summed E-state index contributed by atoms with van der Waals surface area (Å²) < 4.78 is 12.3. The van der Waals surface area contributed by atoms with E-state index in [4.69, 9.17) is 14.6 Å². The quantitative estimate of drug-likeness (QED) is 0.645. The molecule has 3 unspecified atom stereocenters. The molecule has 0 aromatic heterocycles. The van der Waals surface area contributed by atoms with Crippen LogP contribution in [0.3, 0.4) is 0 Å². The Morgan fingerprint density at radius 1 is 1.20 bits per heavy atom. The van der Waals surface area contributed by atoms with Crippen LogP contribution in [-0.2, 0) is 14.3 Å². The number of benzene rings is 1. The molecule has 1 N–H and O–H groups in total. The summed E-state index contributed by atoms with van der Waals surface area (Å²) in [6, 6.07) is 8.48. The number of carboxylic acids is 1. The molecule has 0 spiro atoms. The minimum Gasteiger partial charge on any atom is -0.481 e. The van der Waals surface area contributed by atoms with Gasteiger partial charge in [-0.25, -0.2) is 0 Å². The smallest absolute Gasteiger partial charge is 0.303 e. The Hall–Kier alpha value is -1.39. The molecule has 3 atom stereocenters. The van der Waals surface area contributed by atoms with Crippen LogP contribution in [0.25, 0.3) is 0 Å². The normalized spacial score (nSPS) is 23.8. The van der Waals surface area contributed by atoms with E-state index in [2.05, 4.69) is 45.0 Å². The summed E-state index contributed by atoms with van der Waals surface area (Å²) in [6.07, 6.45) is 5.17. The Bertz CT molecular complexity index is 540. The number of unbranched alkanes of at least 4 members (excludes halogenated alkanes) is 3. The fourth-order valence-corrected chi connectivity index (χ4v) is 3.50. The minimum absolute atomic E-state index is 0.128. The Morgan fingerprint density at radius 2 is 1.92 bits per heavy atom. The molecule has 1 aromatic carbocycles. The van der Waals surface area contributed by atoms with E-state index in [0.29, 0.717) is 12.5 Å². The van der Waals surface area contributed by atoms with E-state index >= 15 is 0 Å². The lowest BCUT2D eigenvalue weighted by Crippen LogP contribution is -2.41. The zero-order valence-corrected chi connectivity index (χ0v) is 15.7. The number of carbonyl (C=O) groups is 1. The number of hydrogen-bond donors (Lipinski definition) is 1. The van der Waals surface area contributed by atoms with E-state index in [0.717, 1.165) is 32.1 Å². The zero-order valence-electron chi connectivity index (χ0n) is 15.7. The molecule has 0 saturated carbocycles. The highest BCUT2D eigenvalue weighted by molar-refractivity contribution is 5.66. The van der Waals surface area contributed by atoms with E-state index in [9.17, 15) is 4.79 Å². The van der Waals surface area contributed by atoms with Gasteiger partial charge in [0.25, 0.3) is 0 Å². The van der Waals surface area contributed by atoms with Crippen molar-refractivity contribution in [3.8, 4) is 0 Å². The second-order valence-corrected chi connectivity index (χ2v) is 7.43. The summed E-state index contributed by atoms with van der Waals surface area (Å²) in [7, 11) is 0. The summed E-state index contributed by atoms with van der Waals surface area (Å²) in [5.74, 6) is -0.0849. The SMILES string of the molecule is Cc1ccccc1C1COC(C(C)C)OC1CCCCCCC(=O)O. The lowest BCUT2D eigenvalue weighted by molar-refractivity contribution is -0.240. The molecule has 0 amide bonds. The van der Waals surface area contributed by atoms with Crippen LogP contribution in [0.2, 0.25) is 0 Å². The maximum atomic E-state index is 10.6. The van der Waals surface area contributed by atoms with Gasteiger partial charge >= 0.3 is 5.97 Å². The number of hydrogen-bond acceptors (Lipinski definition) is 3. The molecule has 25 heavy (non-hydrogen) atoms. The first-order valence-electron chi connectivity index (χ1n) is 9.53. The van der Waals surface area contributed by atoms with Gasteiger partial charge in [0.05, 0.1) is 12.7 Å². The third-order valence-electron chi connectivity index (χ3n) is 4.96. The Kier molecular flexibility index (Phi) is 7.91.